The Morgan fingerprint density at radius 2 is 2.00 bits per heavy atom. The van der Waals surface area contributed by atoms with Gasteiger partial charge in [0.2, 0.25) is 0 Å². The molecule has 0 saturated carbocycles. The van der Waals surface area contributed by atoms with Crippen LogP contribution in [0.5, 0.6) is 5.75 Å². The predicted molar refractivity (Wildman–Crippen MR) is 100 cm³/mol. The quantitative estimate of drug-likeness (QED) is 0.712. The molecule has 0 aliphatic heterocycles. The molecule has 1 aliphatic carbocycles. The van der Waals surface area contributed by atoms with Crippen LogP contribution in [0.25, 0.3) is 11.3 Å². The smallest absolute Gasteiger partial charge is 0.278 e. The number of hydrogen-bond donors (Lipinski definition) is 1. The third-order valence-corrected chi connectivity index (χ3v) is 4.73. The predicted octanol–water partition coefficient (Wildman–Crippen LogP) is 3.90. The first-order valence-corrected chi connectivity index (χ1v) is 8.65. The number of benzene rings is 2. The van der Waals surface area contributed by atoms with E-state index in [-0.39, 0.29) is 17.4 Å². The molecule has 136 valence electrons. The fourth-order valence-electron chi connectivity index (χ4n) is 3.32. The summed E-state index contributed by atoms with van der Waals surface area (Å²) in [4.78, 5) is 24.2. The van der Waals surface area contributed by atoms with Crippen LogP contribution in [-0.4, -0.2) is 24.0 Å². The van der Waals surface area contributed by atoms with Gasteiger partial charge in [-0.2, -0.15) is 0 Å². The Bertz CT molecular complexity index is 1050. The number of fused-ring (bicyclic) bond motifs is 3. The van der Waals surface area contributed by atoms with E-state index in [9.17, 15) is 9.59 Å². The zero-order valence-electron chi connectivity index (χ0n) is 15.0. The van der Waals surface area contributed by atoms with Crippen LogP contribution in [0, 0.1) is 0 Å². The number of methoxy groups -OCH3 is 1. The lowest BCUT2D eigenvalue weighted by atomic mass is 9.89. The summed E-state index contributed by atoms with van der Waals surface area (Å²) in [6, 6.07) is 12.6. The minimum atomic E-state index is -0.349. The summed E-state index contributed by atoms with van der Waals surface area (Å²) in [6.07, 6.45) is 1.44. The van der Waals surface area contributed by atoms with Crippen molar-refractivity contribution in [3.63, 3.8) is 0 Å². The Kier molecular flexibility index (Phi) is 4.24. The molecular formula is C21H18N2O4. The fourth-order valence-corrected chi connectivity index (χ4v) is 3.32. The second-order valence-electron chi connectivity index (χ2n) is 6.45. The molecule has 0 radical (unpaired) electrons. The van der Waals surface area contributed by atoms with Gasteiger partial charge >= 0.3 is 0 Å². The van der Waals surface area contributed by atoms with E-state index in [1.54, 1.807) is 31.4 Å². The van der Waals surface area contributed by atoms with Crippen molar-refractivity contribution in [3.8, 4) is 17.1 Å². The molecule has 6 nitrogen and oxygen atoms in total. The first-order valence-electron chi connectivity index (χ1n) is 8.65. The second kappa shape index (κ2) is 6.72. The van der Waals surface area contributed by atoms with E-state index in [2.05, 4.69) is 10.5 Å². The zero-order chi connectivity index (χ0) is 19.0. The summed E-state index contributed by atoms with van der Waals surface area (Å²) >= 11 is 0. The fraction of sp³-hybridized carbons (Fsp3) is 0.190. The van der Waals surface area contributed by atoms with E-state index in [1.807, 2.05) is 18.2 Å². The summed E-state index contributed by atoms with van der Waals surface area (Å²) in [5.41, 5.74) is 4.21. The van der Waals surface area contributed by atoms with Gasteiger partial charge in [0.25, 0.3) is 5.91 Å². The summed E-state index contributed by atoms with van der Waals surface area (Å²) < 4.78 is 10.8. The van der Waals surface area contributed by atoms with E-state index < -0.39 is 0 Å². The molecule has 27 heavy (non-hydrogen) atoms. The van der Waals surface area contributed by atoms with Crippen molar-refractivity contribution < 1.29 is 18.8 Å². The molecule has 0 bridgehead atoms. The van der Waals surface area contributed by atoms with Crippen LogP contribution in [0.15, 0.2) is 47.0 Å². The molecule has 1 N–H and O–H groups in total. The van der Waals surface area contributed by atoms with E-state index in [4.69, 9.17) is 9.26 Å². The summed E-state index contributed by atoms with van der Waals surface area (Å²) in [7, 11) is 1.63. The number of carbonyl (C=O) groups excluding carboxylic acids is 2. The minimum Gasteiger partial charge on any atom is -0.497 e. The Morgan fingerprint density at radius 1 is 1.15 bits per heavy atom. The summed E-state index contributed by atoms with van der Waals surface area (Å²) in [6.45, 7) is 1.49. The Hall–Kier alpha value is -3.41. The van der Waals surface area contributed by atoms with Crippen molar-refractivity contribution in [2.45, 2.75) is 19.8 Å². The van der Waals surface area contributed by atoms with Gasteiger partial charge in [-0.3, -0.25) is 9.59 Å². The second-order valence-corrected chi connectivity index (χ2v) is 6.45. The molecule has 6 heteroatoms. The van der Waals surface area contributed by atoms with E-state index in [1.165, 1.54) is 6.92 Å². The SMILES string of the molecule is COc1ccc2c(c1)CCc1c(C(=O)Nc3cccc(C(C)=O)c3)noc1-2. The van der Waals surface area contributed by atoms with Crippen molar-refractivity contribution in [1.82, 2.24) is 5.16 Å². The monoisotopic (exact) mass is 362 g/mol. The first-order chi connectivity index (χ1) is 13.1. The third-order valence-electron chi connectivity index (χ3n) is 4.73. The van der Waals surface area contributed by atoms with Gasteiger partial charge in [0.05, 0.1) is 7.11 Å². The highest BCUT2D eigenvalue weighted by molar-refractivity contribution is 6.05. The highest BCUT2D eigenvalue weighted by atomic mass is 16.5. The van der Waals surface area contributed by atoms with Gasteiger partial charge in [-0.25, -0.2) is 0 Å². The molecule has 3 aromatic rings. The van der Waals surface area contributed by atoms with E-state index in [0.29, 0.717) is 23.4 Å². The van der Waals surface area contributed by atoms with E-state index in [0.717, 1.165) is 28.9 Å². The molecule has 2 aromatic carbocycles. The Labute approximate surface area is 156 Å². The molecule has 1 aliphatic rings. The Morgan fingerprint density at radius 3 is 2.78 bits per heavy atom. The van der Waals surface area contributed by atoms with E-state index >= 15 is 0 Å². The molecule has 1 amide bonds. The number of carbonyl (C=O) groups is 2. The topological polar surface area (TPSA) is 81.4 Å². The van der Waals surface area contributed by atoms with Crippen molar-refractivity contribution in [2.24, 2.45) is 0 Å². The molecular weight excluding hydrogens is 344 g/mol. The highest BCUT2D eigenvalue weighted by Gasteiger charge is 2.28. The number of nitrogens with one attached hydrogen (secondary N) is 1. The Balaban J connectivity index is 1.63. The van der Waals surface area contributed by atoms with Gasteiger partial charge in [0.1, 0.15) is 5.75 Å². The molecule has 4 rings (SSSR count). The van der Waals surface area contributed by atoms with Crippen LogP contribution in [0.3, 0.4) is 0 Å². The lowest BCUT2D eigenvalue weighted by Gasteiger charge is -2.15. The number of Topliss-reactive ketones (excluding diaryl/α,β-unsaturated/α-hetero) is 1. The number of hydrogen-bond acceptors (Lipinski definition) is 5. The van der Waals surface area contributed by atoms with Crippen LogP contribution in [0.4, 0.5) is 5.69 Å². The maximum Gasteiger partial charge on any atom is 0.278 e. The number of rotatable bonds is 4. The average Bonchev–Trinajstić information content (AvgIpc) is 3.12. The summed E-state index contributed by atoms with van der Waals surface area (Å²) in [5, 5.41) is 6.81. The van der Waals surface area contributed by atoms with Crippen LogP contribution >= 0.6 is 0 Å². The maximum absolute atomic E-state index is 12.7. The lowest BCUT2D eigenvalue weighted by Crippen LogP contribution is -2.16. The van der Waals surface area contributed by atoms with Crippen LogP contribution < -0.4 is 10.1 Å². The number of anilines is 1. The largest absolute Gasteiger partial charge is 0.497 e. The van der Waals surface area contributed by atoms with Crippen LogP contribution in [0.2, 0.25) is 0 Å². The van der Waals surface area contributed by atoms with Gasteiger partial charge < -0.3 is 14.6 Å². The molecule has 0 spiro atoms. The van der Waals surface area contributed by atoms with Gasteiger partial charge in [0.15, 0.2) is 17.2 Å². The maximum atomic E-state index is 12.7. The zero-order valence-corrected chi connectivity index (χ0v) is 15.0. The normalized spacial score (nSPS) is 12.1. The lowest BCUT2D eigenvalue weighted by molar-refractivity contribution is 0.100. The van der Waals surface area contributed by atoms with Gasteiger partial charge in [-0.1, -0.05) is 17.3 Å². The van der Waals surface area contributed by atoms with Crippen LogP contribution in [-0.2, 0) is 12.8 Å². The van der Waals surface area contributed by atoms with Gasteiger partial charge in [0, 0.05) is 22.4 Å². The minimum absolute atomic E-state index is 0.0584. The van der Waals surface area contributed by atoms with Gasteiger partial charge in [-0.15, -0.1) is 0 Å². The van der Waals surface area contributed by atoms with Crippen molar-refractivity contribution in [3.05, 3.63) is 64.8 Å². The number of ketones is 1. The van der Waals surface area contributed by atoms with Gasteiger partial charge in [-0.05, 0) is 55.7 Å². The molecule has 0 fully saturated rings. The van der Waals surface area contributed by atoms with Crippen LogP contribution in [0.1, 0.15) is 38.9 Å². The van der Waals surface area contributed by atoms with Crippen molar-refractivity contribution in [2.75, 3.05) is 12.4 Å². The van der Waals surface area contributed by atoms with Crippen molar-refractivity contribution in [1.29, 1.82) is 0 Å². The molecule has 1 aromatic heterocycles. The molecule has 1 heterocycles. The number of ether oxygens (including phenoxy) is 1. The summed E-state index contributed by atoms with van der Waals surface area (Å²) in [5.74, 6) is 1.01. The standard InChI is InChI=1S/C21H18N2O4/c1-12(24)13-4-3-5-15(10-13)22-21(25)19-18-8-6-14-11-16(26-2)7-9-17(14)20(18)27-23-19/h3-5,7,9-11H,6,8H2,1-2H3,(H,22,25). The average molecular weight is 362 g/mol. The number of aromatic nitrogens is 1. The highest BCUT2D eigenvalue weighted by Crippen LogP contribution is 2.37. The van der Waals surface area contributed by atoms with Crippen molar-refractivity contribution >= 4 is 17.4 Å². The number of aryl methyl sites for hydroxylation is 1. The number of nitrogens with zero attached hydrogens (tertiary/aromatic N) is 1. The molecule has 0 unspecified atom stereocenters. The molecule has 0 atom stereocenters. The first kappa shape index (κ1) is 17.0. The number of amides is 1. The molecule has 0 saturated heterocycles. The third kappa shape index (κ3) is 3.10.